The molecule has 37 heavy (non-hydrogen) atoms. The predicted octanol–water partition coefficient (Wildman–Crippen LogP) is 4.41. The molecule has 12 heteroatoms. The van der Waals surface area contributed by atoms with Gasteiger partial charge in [-0.1, -0.05) is 30.7 Å². The van der Waals surface area contributed by atoms with Crippen LogP contribution in [0.25, 0.3) is 11.1 Å². The number of amides is 1. The molecule has 0 bridgehead atoms. The van der Waals surface area contributed by atoms with Gasteiger partial charge in [-0.15, -0.1) is 0 Å². The van der Waals surface area contributed by atoms with Crippen molar-refractivity contribution in [2.45, 2.75) is 51.0 Å². The lowest BCUT2D eigenvalue weighted by atomic mass is 9.77. The Morgan fingerprint density at radius 2 is 1.81 bits per heavy atom. The third kappa shape index (κ3) is 5.67. The van der Waals surface area contributed by atoms with Crippen molar-refractivity contribution < 1.29 is 37.0 Å². The van der Waals surface area contributed by atoms with E-state index in [9.17, 15) is 32.7 Å². The van der Waals surface area contributed by atoms with Crippen molar-refractivity contribution in [2.75, 3.05) is 6.54 Å². The summed E-state index contributed by atoms with van der Waals surface area (Å²) in [5.74, 6) is -3.75. The number of rotatable bonds is 6. The quantitative estimate of drug-likeness (QED) is 0.446. The molecular weight excluding hydrogens is 517 g/mol. The second-order valence-corrected chi connectivity index (χ2v) is 10.0. The first kappa shape index (κ1) is 28.3. The molecule has 1 aromatic heterocycles. The number of hydrogen-bond donors (Lipinski definition) is 2. The van der Waals surface area contributed by atoms with E-state index in [0.29, 0.717) is 0 Å². The lowest BCUT2D eigenvalue weighted by Crippen LogP contribution is -2.46. The summed E-state index contributed by atoms with van der Waals surface area (Å²) >= 11 is 6.27. The van der Waals surface area contributed by atoms with E-state index in [2.05, 4.69) is 5.32 Å². The number of aliphatic hydroxyl groups is 1. The lowest BCUT2D eigenvalue weighted by Gasteiger charge is -2.37. The molecule has 0 spiro atoms. The maximum atomic E-state index is 14.4. The highest BCUT2D eigenvalue weighted by atomic mass is 35.5. The Kier molecular flexibility index (Phi) is 7.54. The van der Waals surface area contributed by atoms with Gasteiger partial charge in [0.15, 0.2) is 11.2 Å². The van der Waals surface area contributed by atoms with Crippen LogP contribution in [0.15, 0.2) is 45.6 Å². The molecule has 1 amide bonds. The van der Waals surface area contributed by atoms with Gasteiger partial charge in [0.2, 0.25) is 0 Å². The second-order valence-electron chi connectivity index (χ2n) is 9.60. The predicted molar refractivity (Wildman–Crippen MR) is 129 cm³/mol. The van der Waals surface area contributed by atoms with Crippen molar-refractivity contribution >= 4 is 34.6 Å². The molecule has 2 N–H and O–H groups in total. The van der Waals surface area contributed by atoms with Gasteiger partial charge in [-0.25, -0.2) is 4.79 Å². The van der Waals surface area contributed by atoms with E-state index in [0.717, 1.165) is 29.7 Å². The minimum atomic E-state index is -5.14. The van der Waals surface area contributed by atoms with Crippen LogP contribution in [0.3, 0.4) is 0 Å². The summed E-state index contributed by atoms with van der Waals surface area (Å²) in [5.41, 5.74) is -4.62. The topological polar surface area (TPSA) is 111 Å². The maximum Gasteiger partial charge on any atom is 0.422 e. The summed E-state index contributed by atoms with van der Waals surface area (Å²) in [6.45, 7) is 5.74. The largest absolute Gasteiger partial charge is 0.459 e. The van der Waals surface area contributed by atoms with Gasteiger partial charge in [0, 0.05) is 23.6 Å². The number of ether oxygens (including phenoxy) is 1. The zero-order chi connectivity index (χ0) is 27.9. The van der Waals surface area contributed by atoms with E-state index in [1.165, 1.54) is 25.2 Å². The van der Waals surface area contributed by atoms with Crippen LogP contribution in [0, 0.1) is 0 Å². The summed E-state index contributed by atoms with van der Waals surface area (Å²) in [7, 11) is 1.33. The molecule has 0 unspecified atom stereocenters. The lowest BCUT2D eigenvalue weighted by molar-refractivity contribution is -0.274. The Morgan fingerprint density at radius 1 is 1.16 bits per heavy atom. The third-order valence-electron chi connectivity index (χ3n) is 5.83. The fourth-order valence-electron chi connectivity index (χ4n) is 3.90. The number of carbonyl (C=O) groups excluding carboxylic acids is 2. The van der Waals surface area contributed by atoms with Gasteiger partial charge in [-0.05, 0) is 56.2 Å². The number of alkyl halides is 3. The first-order valence-corrected chi connectivity index (χ1v) is 11.5. The van der Waals surface area contributed by atoms with Crippen LogP contribution in [0.5, 0.6) is 0 Å². The Bertz CT molecular complexity index is 1410. The average Bonchev–Trinajstić information content (AvgIpc) is 3.07. The molecule has 2 aromatic carbocycles. The molecule has 0 aliphatic carbocycles. The first-order chi connectivity index (χ1) is 17.0. The van der Waals surface area contributed by atoms with Crippen molar-refractivity contribution in [1.29, 1.82) is 0 Å². The molecule has 0 radical (unpaired) electrons. The van der Waals surface area contributed by atoms with Gasteiger partial charge in [0.05, 0.1) is 5.52 Å². The smallest absolute Gasteiger partial charge is 0.422 e. The van der Waals surface area contributed by atoms with Gasteiger partial charge < -0.3 is 19.6 Å². The Morgan fingerprint density at radius 3 is 2.38 bits per heavy atom. The molecule has 0 aliphatic heterocycles. The van der Waals surface area contributed by atoms with E-state index in [1.54, 1.807) is 20.8 Å². The van der Waals surface area contributed by atoms with E-state index in [4.69, 9.17) is 20.8 Å². The summed E-state index contributed by atoms with van der Waals surface area (Å²) in [5, 5.41) is 13.3. The zero-order valence-corrected chi connectivity index (χ0v) is 21.5. The summed E-state index contributed by atoms with van der Waals surface area (Å²) in [6, 6.07) is 6.84. The molecule has 3 rings (SSSR count). The number of aromatic nitrogens is 1. The van der Waals surface area contributed by atoms with E-state index >= 15 is 0 Å². The maximum absolute atomic E-state index is 14.4. The Hall–Kier alpha value is -3.31. The highest BCUT2D eigenvalue weighted by molar-refractivity contribution is 6.31. The first-order valence-electron chi connectivity index (χ1n) is 11.1. The van der Waals surface area contributed by atoms with Crippen LogP contribution in [0.1, 0.15) is 55.1 Å². The molecule has 8 nitrogen and oxygen atoms in total. The number of nitrogens with zero attached hydrogens (tertiary/aromatic N) is 1. The molecule has 1 heterocycles. The summed E-state index contributed by atoms with van der Waals surface area (Å²) in [6.07, 6.45) is -5.14. The molecule has 0 saturated carbocycles. The number of nitrogens with one attached hydrogen (secondary N) is 1. The fraction of sp³-hybridized carbons (Fsp3) is 0.400. The van der Waals surface area contributed by atoms with Crippen LogP contribution in [-0.4, -0.2) is 39.9 Å². The van der Waals surface area contributed by atoms with Crippen LogP contribution in [0.4, 0.5) is 13.2 Å². The minimum Gasteiger partial charge on any atom is -0.459 e. The number of oxazole rings is 1. The Balaban J connectivity index is 1.93. The van der Waals surface area contributed by atoms with E-state index < -0.39 is 53.0 Å². The van der Waals surface area contributed by atoms with Crippen LogP contribution in [-0.2, 0) is 22.2 Å². The van der Waals surface area contributed by atoms with Crippen LogP contribution < -0.4 is 11.1 Å². The van der Waals surface area contributed by atoms with Crippen LogP contribution in [0.2, 0.25) is 5.02 Å². The van der Waals surface area contributed by atoms with E-state index in [-0.39, 0.29) is 27.2 Å². The van der Waals surface area contributed by atoms with Gasteiger partial charge >= 0.3 is 17.9 Å². The molecule has 0 saturated heterocycles. The number of fused-ring (bicyclic) bond motifs is 1. The summed E-state index contributed by atoms with van der Waals surface area (Å²) < 4.78 is 54.2. The number of aryl methyl sites for hydroxylation is 1. The van der Waals surface area contributed by atoms with Crippen molar-refractivity contribution in [3.05, 3.63) is 68.7 Å². The number of esters is 1. The minimum absolute atomic E-state index is 0.00475. The van der Waals surface area contributed by atoms with Gasteiger partial charge in [0.25, 0.3) is 5.91 Å². The second kappa shape index (κ2) is 9.86. The van der Waals surface area contributed by atoms with Gasteiger partial charge in [-0.3, -0.25) is 14.2 Å². The SMILES string of the molecule is C[C@H](c1ccc(C(=O)NCC(=O)OC(C)(C)C)cc1Cl)[C@@](O)(c1ccc2oc(=O)n(C)c2c1)C(F)(F)F. The third-order valence-corrected chi connectivity index (χ3v) is 6.16. The van der Waals surface area contributed by atoms with Crippen molar-refractivity contribution in [3.63, 3.8) is 0 Å². The highest BCUT2D eigenvalue weighted by Crippen LogP contribution is 2.50. The van der Waals surface area contributed by atoms with E-state index in [1.807, 2.05) is 0 Å². The van der Waals surface area contributed by atoms with Gasteiger partial charge in [0.1, 0.15) is 12.1 Å². The number of benzene rings is 2. The molecule has 0 fully saturated rings. The summed E-state index contributed by atoms with van der Waals surface area (Å²) in [4.78, 5) is 36.0. The molecular formula is C25H26ClF3N2O6. The average molecular weight is 543 g/mol. The zero-order valence-electron chi connectivity index (χ0n) is 20.7. The Labute approximate surface area is 215 Å². The van der Waals surface area contributed by atoms with Crippen molar-refractivity contribution in [2.24, 2.45) is 7.05 Å². The van der Waals surface area contributed by atoms with Crippen LogP contribution >= 0.6 is 11.6 Å². The molecule has 3 aromatic rings. The standard InChI is InChI=1S/C25H26ClF3N2O6/c1-13(16-8-6-14(10-17(16)26)21(33)30-12-20(32)37-23(2,3)4)24(35,25(27,28)29)15-7-9-19-18(11-15)31(5)22(34)36-19/h6-11,13,35H,12H2,1-5H3,(H,30,33)/t13-,24-/m1/s1. The molecule has 2 atom stereocenters. The number of carbonyl (C=O) groups is 2. The molecule has 200 valence electrons. The normalized spacial score (nSPS) is 14.8. The highest BCUT2D eigenvalue weighted by Gasteiger charge is 2.59. The fourth-order valence-corrected chi connectivity index (χ4v) is 4.24. The van der Waals surface area contributed by atoms with Crippen molar-refractivity contribution in [1.82, 2.24) is 9.88 Å². The van der Waals surface area contributed by atoms with Crippen molar-refractivity contribution in [3.8, 4) is 0 Å². The molecule has 0 aliphatic rings. The monoisotopic (exact) mass is 542 g/mol. The van der Waals surface area contributed by atoms with Gasteiger partial charge in [-0.2, -0.15) is 13.2 Å². The number of hydrogen-bond acceptors (Lipinski definition) is 6. The number of halogens is 4.